The Morgan fingerprint density at radius 2 is 1.92 bits per heavy atom. The second kappa shape index (κ2) is 7.17. The predicted octanol–water partition coefficient (Wildman–Crippen LogP) is 3.12. The van der Waals surface area contributed by atoms with Crippen LogP contribution < -0.4 is 19.5 Å². The standard InChI is InChI=1S/C19H20N2O4/c1-23-13-7-8-16-14(9-13)15(11-20-16)19(22)21-10-12-5-4-6-17(24-2)18(12)25-3/h4-9,11,20H,10H2,1-3H3,(H,21,22). The molecule has 6 heteroatoms. The van der Waals surface area contributed by atoms with Gasteiger partial charge in [0.05, 0.1) is 26.9 Å². The van der Waals surface area contributed by atoms with Crippen LogP contribution in [0.1, 0.15) is 15.9 Å². The van der Waals surface area contributed by atoms with Gasteiger partial charge >= 0.3 is 0 Å². The molecule has 2 N–H and O–H groups in total. The number of carbonyl (C=O) groups excluding carboxylic acids is 1. The van der Waals surface area contributed by atoms with Gasteiger partial charge < -0.3 is 24.5 Å². The van der Waals surface area contributed by atoms with E-state index in [-0.39, 0.29) is 5.91 Å². The maximum absolute atomic E-state index is 12.6. The third kappa shape index (κ3) is 3.24. The summed E-state index contributed by atoms with van der Waals surface area (Å²) in [5.41, 5.74) is 2.29. The van der Waals surface area contributed by atoms with Crippen molar-refractivity contribution < 1.29 is 19.0 Å². The van der Waals surface area contributed by atoms with Gasteiger partial charge in [0, 0.05) is 29.2 Å². The Morgan fingerprint density at radius 1 is 1.08 bits per heavy atom. The van der Waals surface area contributed by atoms with Crippen LogP contribution in [0.25, 0.3) is 10.9 Å². The Kier molecular flexibility index (Phi) is 4.79. The molecule has 0 atom stereocenters. The maximum Gasteiger partial charge on any atom is 0.253 e. The molecule has 2 aromatic carbocycles. The molecule has 0 aliphatic heterocycles. The second-order valence-electron chi connectivity index (χ2n) is 5.45. The van der Waals surface area contributed by atoms with E-state index in [9.17, 15) is 4.79 Å². The molecule has 25 heavy (non-hydrogen) atoms. The highest BCUT2D eigenvalue weighted by molar-refractivity contribution is 6.07. The Labute approximate surface area is 145 Å². The van der Waals surface area contributed by atoms with Crippen molar-refractivity contribution >= 4 is 16.8 Å². The number of fused-ring (bicyclic) bond motifs is 1. The first-order chi connectivity index (χ1) is 12.2. The van der Waals surface area contributed by atoms with Gasteiger partial charge in [-0.1, -0.05) is 12.1 Å². The summed E-state index contributed by atoms with van der Waals surface area (Å²) in [7, 11) is 4.76. The maximum atomic E-state index is 12.6. The van der Waals surface area contributed by atoms with Crippen LogP contribution in [0.15, 0.2) is 42.6 Å². The van der Waals surface area contributed by atoms with Gasteiger partial charge in [-0.3, -0.25) is 4.79 Å². The first-order valence-electron chi connectivity index (χ1n) is 7.81. The van der Waals surface area contributed by atoms with E-state index < -0.39 is 0 Å². The fraction of sp³-hybridized carbons (Fsp3) is 0.211. The molecule has 0 bridgehead atoms. The molecule has 6 nitrogen and oxygen atoms in total. The number of methoxy groups -OCH3 is 3. The molecule has 3 rings (SSSR count). The van der Waals surface area contributed by atoms with Crippen LogP contribution in [0.2, 0.25) is 0 Å². The quantitative estimate of drug-likeness (QED) is 0.723. The van der Waals surface area contributed by atoms with Gasteiger partial charge in [0.15, 0.2) is 11.5 Å². The van der Waals surface area contributed by atoms with E-state index in [0.29, 0.717) is 29.4 Å². The van der Waals surface area contributed by atoms with Crippen molar-refractivity contribution in [2.45, 2.75) is 6.54 Å². The SMILES string of the molecule is COc1ccc2[nH]cc(C(=O)NCc3cccc(OC)c3OC)c2c1. The fourth-order valence-corrected chi connectivity index (χ4v) is 2.78. The normalized spacial score (nSPS) is 10.5. The molecule has 0 aliphatic rings. The number of ether oxygens (including phenoxy) is 3. The number of para-hydroxylation sites is 1. The number of nitrogens with one attached hydrogen (secondary N) is 2. The van der Waals surface area contributed by atoms with Gasteiger partial charge in [0.1, 0.15) is 5.75 Å². The van der Waals surface area contributed by atoms with E-state index >= 15 is 0 Å². The number of hydrogen-bond donors (Lipinski definition) is 2. The van der Waals surface area contributed by atoms with E-state index in [0.717, 1.165) is 16.5 Å². The minimum absolute atomic E-state index is 0.177. The average Bonchev–Trinajstić information content (AvgIpc) is 3.08. The summed E-state index contributed by atoms with van der Waals surface area (Å²) in [6.07, 6.45) is 1.70. The molecule has 3 aromatic rings. The lowest BCUT2D eigenvalue weighted by Gasteiger charge is -2.13. The molecule has 0 saturated carbocycles. The number of carbonyl (C=O) groups is 1. The van der Waals surface area contributed by atoms with Crippen LogP contribution in [0.4, 0.5) is 0 Å². The van der Waals surface area contributed by atoms with Crippen molar-refractivity contribution in [1.29, 1.82) is 0 Å². The van der Waals surface area contributed by atoms with Crippen molar-refractivity contribution in [1.82, 2.24) is 10.3 Å². The molecule has 0 unspecified atom stereocenters. The Hall–Kier alpha value is -3.15. The monoisotopic (exact) mass is 340 g/mol. The molecular weight excluding hydrogens is 320 g/mol. The number of H-pyrrole nitrogens is 1. The molecule has 0 spiro atoms. The lowest BCUT2D eigenvalue weighted by molar-refractivity contribution is 0.0952. The molecular formula is C19H20N2O4. The first-order valence-corrected chi connectivity index (χ1v) is 7.81. The lowest BCUT2D eigenvalue weighted by Crippen LogP contribution is -2.22. The molecule has 0 saturated heterocycles. The van der Waals surface area contributed by atoms with E-state index in [1.54, 1.807) is 27.5 Å². The van der Waals surface area contributed by atoms with Crippen LogP contribution in [-0.2, 0) is 6.54 Å². The Balaban J connectivity index is 1.82. The summed E-state index contributed by atoms with van der Waals surface area (Å²) in [5.74, 6) is 1.77. The third-order valence-corrected chi connectivity index (χ3v) is 4.06. The van der Waals surface area contributed by atoms with E-state index in [1.165, 1.54) is 0 Å². The van der Waals surface area contributed by atoms with Gasteiger partial charge in [-0.25, -0.2) is 0 Å². The summed E-state index contributed by atoms with van der Waals surface area (Å²) < 4.78 is 15.9. The average molecular weight is 340 g/mol. The largest absolute Gasteiger partial charge is 0.497 e. The van der Waals surface area contributed by atoms with Crippen molar-refractivity contribution in [2.24, 2.45) is 0 Å². The van der Waals surface area contributed by atoms with Crippen LogP contribution in [0.5, 0.6) is 17.2 Å². The van der Waals surface area contributed by atoms with Crippen LogP contribution in [0, 0.1) is 0 Å². The molecule has 0 aliphatic carbocycles. The minimum atomic E-state index is -0.177. The molecule has 1 amide bonds. The Morgan fingerprint density at radius 3 is 2.64 bits per heavy atom. The van der Waals surface area contributed by atoms with Crippen LogP contribution in [0.3, 0.4) is 0 Å². The van der Waals surface area contributed by atoms with E-state index in [4.69, 9.17) is 14.2 Å². The summed E-state index contributed by atoms with van der Waals surface area (Å²) >= 11 is 0. The van der Waals surface area contributed by atoms with E-state index in [2.05, 4.69) is 10.3 Å². The van der Waals surface area contributed by atoms with Crippen molar-refractivity contribution in [2.75, 3.05) is 21.3 Å². The number of rotatable bonds is 6. The Bertz CT molecular complexity index is 902. The van der Waals surface area contributed by atoms with Crippen LogP contribution in [-0.4, -0.2) is 32.2 Å². The summed E-state index contributed by atoms with van der Waals surface area (Å²) in [6, 6.07) is 11.1. The molecule has 1 aromatic heterocycles. The molecule has 0 radical (unpaired) electrons. The molecule has 0 fully saturated rings. The summed E-state index contributed by atoms with van der Waals surface area (Å²) in [5, 5.41) is 3.74. The number of aromatic amines is 1. The first kappa shape index (κ1) is 16.7. The highest BCUT2D eigenvalue weighted by Gasteiger charge is 2.15. The zero-order chi connectivity index (χ0) is 17.8. The highest BCUT2D eigenvalue weighted by atomic mass is 16.5. The summed E-state index contributed by atoms with van der Waals surface area (Å²) in [4.78, 5) is 15.7. The van der Waals surface area contributed by atoms with Crippen molar-refractivity contribution in [3.8, 4) is 17.2 Å². The number of amides is 1. The highest BCUT2D eigenvalue weighted by Crippen LogP contribution is 2.30. The van der Waals surface area contributed by atoms with Gasteiger partial charge in [0.2, 0.25) is 0 Å². The van der Waals surface area contributed by atoms with Gasteiger partial charge in [0.25, 0.3) is 5.91 Å². The van der Waals surface area contributed by atoms with E-state index in [1.807, 2.05) is 36.4 Å². The fourth-order valence-electron chi connectivity index (χ4n) is 2.78. The third-order valence-electron chi connectivity index (χ3n) is 4.06. The number of benzene rings is 2. The van der Waals surface area contributed by atoms with Gasteiger partial charge in [-0.2, -0.15) is 0 Å². The predicted molar refractivity (Wildman–Crippen MR) is 95.6 cm³/mol. The topological polar surface area (TPSA) is 72.6 Å². The minimum Gasteiger partial charge on any atom is -0.497 e. The zero-order valence-electron chi connectivity index (χ0n) is 14.4. The van der Waals surface area contributed by atoms with Crippen molar-refractivity contribution in [3.05, 3.63) is 53.7 Å². The van der Waals surface area contributed by atoms with Crippen LogP contribution >= 0.6 is 0 Å². The van der Waals surface area contributed by atoms with Crippen molar-refractivity contribution in [3.63, 3.8) is 0 Å². The smallest absolute Gasteiger partial charge is 0.253 e. The number of aromatic nitrogens is 1. The molecule has 130 valence electrons. The summed E-state index contributed by atoms with van der Waals surface area (Å²) in [6.45, 7) is 0.329. The zero-order valence-corrected chi connectivity index (χ0v) is 14.4. The number of hydrogen-bond acceptors (Lipinski definition) is 4. The lowest BCUT2D eigenvalue weighted by atomic mass is 10.1. The van der Waals surface area contributed by atoms with Gasteiger partial charge in [-0.15, -0.1) is 0 Å². The second-order valence-corrected chi connectivity index (χ2v) is 5.45. The van der Waals surface area contributed by atoms with Gasteiger partial charge in [-0.05, 0) is 24.3 Å². The molecule has 1 heterocycles.